The van der Waals surface area contributed by atoms with Gasteiger partial charge in [0, 0.05) is 11.8 Å². The SMILES string of the molecule is CC(C)[C@@H](NC(=O)Nc1ccccc1)C(=O)OCC(=O)Nc1ccc(F)cc1F. The monoisotopic (exact) mass is 405 g/mol. The van der Waals surface area contributed by atoms with Crippen LogP contribution in [-0.4, -0.2) is 30.6 Å². The number of amides is 3. The number of benzene rings is 2. The van der Waals surface area contributed by atoms with Crippen molar-refractivity contribution in [2.24, 2.45) is 5.92 Å². The van der Waals surface area contributed by atoms with Crippen LogP contribution in [0, 0.1) is 17.6 Å². The van der Waals surface area contributed by atoms with Crippen molar-refractivity contribution in [3.63, 3.8) is 0 Å². The van der Waals surface area contributed by atoms with E-state index in [9.17, 15) is 23.2 Å². The van der Waals surface area contributed by atoms with E-state index in [2.05, 4.69) is 16.0 Å². The van der Waals surface area contributed by atoms with Gasteiger partial charge >= 0.3 is 12.0 Å². The third kappa shape index (κ3) is 6.87. The number of hydrogen-bond acceptors (Lipinski definition) is 4. The van der Waals surface area contributed by atoms with Crippen LogP contribution in [0.25, 0.3) is 0 Å². The van der Waals surface area contributed by atoms with Gasteiger partial charge in [-0.1, -0.05) is 32.0 Å². The highest BCUT2D eigenvalue weighted by Crippen LogP contribution is 2.15. The van der Waals surface area contributed by atoms with Crippen LogP contribution in [0.2, 0.25) is 0 Å². The Labute approximate surface area is 166 Å². The molecule has 0 bridgehead atoms. The van der Waals surface area contributed by atoms with Crippen molar-refractivity contribution in [3.05, 3.63) is 60.2 Å². The second-order valence-electron chi connectivity index (χ2n) is 6.47. The zero-order chi connectivity index (χ0) is 21.4. The smallest absolute Gasteiger partial charge is 0.329 e. The van der Waals surface area contributed by atoms with Gasteiger partial charge in [0.15, 0.2) is 6.61 Å². The molecular formula is C20H21F2N3O4. The van der Waals surface area contributed by atoms with Crippen LogP contribution in [0.15, 0.2) is 48.5 Å². The normalized spacial score (nSPS) is 11.5. The van der Waals surface area contributed by atoms with Crippen LogP contribution in [0.3, 0.4) is 0 Å². The van der Waals surface area contributed by atoms with Gasteiger partial charge in [0.1, 0.15) is 17.7 Å². The summed E-state index contributed by atoms with van der Waals surface area (Å²) in [4.78, 5) is 36.2. The molecule has 154 valence electrons. The van der Waals surface area contributed by atoms with Crippen LogP contribution in [-0.2, 0) is 14.3 Å². The fourth-order valence-electron chi connectivity index (χ4n) is 2.33. The first-order valence-electron chi connectivity index (χ1n) is 8.80. The topological polar surface area (TPSA) is 96.5 Å². The molecular weight excluding hydrogens is 384 g/mol. The van der Waals surface area contributed by atoms with Crippen molar-refractivity contribution in [3.8, 4) is 0 Å². The first-order valence-corrected chi connectivity index (χ1v) is 8.80. The fraction of sp³-hybridized carbons (Fsp3) is 0.250. The van der Waals surface area contributed by atoms with Crippen molar-refractivity contribution >= 4 is 29.3 Å². The molecule has 0 radical (unpaired) electrons. The van der Waals surface area contributed by atoms with Gasteiger partial charge < -0.3 is 20.7 Å². The first kappa shape index (κ1) is 21.8. The van der Waals surface area contributed by atoms with Gasteiger partial charge in [-0.3, -0.25) is 4.79 Å². The van der Waals surface area contributed by atoms with E-state index < -0.39 is 42.2 Å². The lowest BCUT2D eigenvalue weighted by Gasteiger charge is -2.21. The van der Waals surface area contributed by atoms with Crippen LogP contribution >= 0.6 is 0 Å². The van der Waals surface area contributed by atoms with Gasteiger partial charge in [0.05, 0.1) is 5.69 Å². The van der Waals surface area contributed by atoms with E-state index in [1.807, 2.05) is 0 Å². The number of nitrogens with one attached hydrogen (secondary N) is 3. The lowest BCUT2D eigenvalue weighted by molar-refractivity contribution is -0.150. The van der Waals surface area contributed by atoms with Crippen molar-refractivity contribution in [1.82, 2.24) is 5.32 Å². The number of para-hydroxylation sites is 1. The summed E-state index contributed by atoms with van der Waals surface area (Å²) in [5, 5.41) is 7.25. The number of halogens is 2. The molecule has 0 heterocycles. The molecule has 0 saturated carbocycles. The van der Waals surface area contributed by atoms with Gasteiger partial charge in [-0.05, 0) is 30.2 Å². The molecule has 0 aromatic heterocycles. The molecule has 0 aliphatic rings. The summed E-state index contributed by atoms with van der Waals surface area (Å²) in [6.45, 7) is 2.70. The molecule has 3 amide bonds. The summed E-state index contributed by atoms with van der Waals surface area (Å²) >= 11 is 0. The number of carbonyl (C=O) groups is 3. The minimum Gasteiger partial charge on any atom is -0.454 e. The highest BCUT2D eigenvalue weighted by Gasteiger charge is 2.26. The summed E-state index contributed by atoms with van der Waals surface area (Å²) in [6.07, 6.45) is 0. The van der Waals surface area contributed by atoms with E-state index >= 15 is 0 Å². The highest BCUT2D eigenvalue weighted by molar-refractivity contribution is 5.95. The summed E-state index contributed by atoms with van der Waals surface area (Å²) in [5.74, 6) is -3.68. The van der Waals surface area contributed by atoms with Crippen LogP contribution < -0.4 is 16.0 Å². The van der Waals surface area contributed by atoms with Crippen molar-refractivity contribution in [2.75, 3.05) is 17.2 Å². The number of rotatable bonds is 7. The lowest BCUT2D eigenvalue weighted by Crippen LogP contribution is -2.47. The Bertz CT molecular complexity index is 875. The Kier molecular flexibility index (Phi) is 7.64. The number of ether oxygens (including phenoxy) is 1. The van der Waals surface area contributed by atoms with Crippen molar-refractivity contribution < 1.29 is 27.9 Å². The average molecular weight is 405 g/mol. The molecule has 2 rings (SSSR count). The van der Waals surface area contributed by atoms with E-state index in [0.29, 0.717) is 11.8 Å². The van der Waals surface area contributed by atoms with Crippen molar-refractivity contribution in [2.45, 2.75) is 19.9 Å². The number of anilines is 2. The minimum atomic E-state index is -1.01. The maximum atomic E-state index is 13.5. The summed E-state index contributed by atoms with van der Waals surface area (Å²) in [7, 11) is 0. The predicted molar refractivity (Wildman–Crippen MR) is 103 cm³/mol. The van der Waals surface area contributed by atoms with Crippen LogP contribution in [0.5, 0.6) is 0 Å². The Morgan fingerprint density at radius 2 is 1.69 bits per heavy atom. The largest absolute Gasteiger partial charge is 0.454 e. The number of urea groups is 1. The van der Waals surface area contributed by atoms with E-state index in [1.54, 1.807) is 44.2 Å². The molecule has 0 spiro atoms. The molecule has 0 fully saturated rings. The van der Waals surface area contributed by atoms with Crippen molar-refractivity contribution in [1.29, 1.82) is 0 Å². The van der Waals surface area contributed by atoms with Gasteiger partial charge in [-0.15, -0.1) is 0 Å². The zero-order valence-corrected chi connectivity index (χ0v) is 15.9. The van der Waals surface area contributed by atoms with Gasteiger partial charge in [0.25, 0.3) is 5.91 Å². The van der Waals surface area contributed by atoms with Gasteiger partial charge in [-0.2, -0.15) is 0 Å². The Hall–Kier alpha value is -3.49. The maximum Gasteiger partial charge on any atom is 0.329 e. The van der Waals surface area contributed by atoms with Gasteiger partial charge in [-0.25, -0.2) is 18.4 Å². The Morgan fingerprint density at radius 1 is 1.00 bits per heavy atom. The Balaban J connectivity index is 1.88. The standard InChI is InChI=1S/C20H21F2N3O4/c1-12(2)18(25-20(28)23-14-6-4-3-5-7-14)19(27)29-11-17(26)24-16-9-8-13(21)10-15(16)22/h3-10,12,18H,11H2,1-2H3,(H,24,26)(H2,23,25,28)/t18-/m1/s1. The molecule has 29 heavy (non-hydrogen) atoms. The highest BCUT2D eigenvalue weighted by atomic mass is 19.1. The zero-order valence-electron chi connectivity index (χ0n) is 15.9. The van der Waals surface area contributed by atoms with E-state index in [1.165, 1.54) is 0 Å². The molecule has 1 atom stereocenters. The first-order chi connectivity index (χ1) is 13.8. The average Bonchev–Trinajstić information content (AvgIpc) is 2.67. The molecule has 2 aromatic rings. The fourth-order valence-corrected chi connectivity index (χ4v) is 2.33. The van der Waals surface area contributed by atoms with E-state index in [0.717, 1.165) is 12.1 Å². The van der Waals surface area contributed by atoms with Crippen LogP contribution in [0.1, 0.15) is 13.8 Å². The van der Waals surface area contributed by atoms with E-state index in [4.69, 9.17) is 4.74 Å². The predicted octanol–water partition coefficient (Wildman–Crippen LogP) is 3.29. The molecule has 0 aliphatic heterocycles. The summed E-state index contributed by atoms with van der Waals surface area (Å²) in [5.41, 5.74) is 0.301. The number of carbonyl (C=O) groups excluding carboxylic acids is 3. The number of esters is 1. The maximum absolute atomic E-state index is 13.5. The molecule has 0 aliphatic carbocycles. The molecule has 9 heteroatoms. The lowest BCUT2D eigenvalue weighted by atomic mass is 10.1. The van der Waals surface area contributed by atoms with Gasteiger partial charge in [0.2, 0.25) is 0 Å². The van der Waals surface area contributed by atoms with Crippen LogP contribution in [0.4, 0.5) is 25.0 Å². The molecule has 2 aromatic carbocycles. The second kappa shape index (κ2) is 10.2. The molecule has 0 saturated heterocycles. The molecule has 3 N–H and O–H groups in total. The minimum absolute atomic E-state index is 0.242. The molecule has 0 unspecified atom stereocenters. The molecule has 7 nitrogen and oxygen atoms in total. The van der Waals surface area contributed by atoms with E-state index in [-0.39, 0.29) is 11.6 Å². The quantitative estimate of drug-likeness (QED) is 0.616. The summed E-state index contributed by atoms with van der Waals surface area (Å²) in [6, 6.07) is 9.68. The number of hydrogen-bond donors (Lipinski definition) is 3. The third-order valence-corrected chi connectivity index (χ3v) is 3.79. The Morgan fingerprint density at radius 3 is 2.31 bits per heavy atom. The second-order valence-corrected chi connectivity index (χ2v) is 6.47. The summed E-state index contributed by atoms with van der Waals surface area (Å²) < 4.78 is 31.4. The third-order valence-electron chi connectivity index (χ3n) is 3.79.